The van der Waals surface area contributed by atoms with E-state index in [0.717, 1.165) is 0 Å². The largest absolute Gasteiger partial charge is 0.482 e. The topological polar surface area (TPSA) is 102 Å². The number of carbonyl (C=O) groups excluding carboxylic acids is 1. The van der Waals surface area contributed by atoms with Crippen LogP contribution in [-0.2, 0) is 9.59 Å². The predicted molar refractivity (Wildman–Crippen MR) is 75.6 cm³/mol. The second kappa shape index (κ2) is 7.49. The Bertz CT molecular complexity index is 474. The molecule has 0 radical (unpaired) electrons. The number of ether oxygens (including phenoxy) is 1. The van der Waals surface area contributed by atoms with Crippen LogP contribution in [0.4, 0.5) is 5.69 Å². The molecule has 0 aliphatic heterocycles. The third kappa shape index (κ3) is 5.71. The van der Waals surface area contributed by atoms with E-state index in [-0.39, 0.29) is 5.91 Å². The van der Waals surface area contributed by atoms with E-state index in [1.54, 1.807) is 24.3 Å². The van der Waals surface area contributed by atoms with Crippen LogP contribution < -0.4 is 15.8 Å². The minimum Gasteiger partial charge on any atom is -0.482 e. The number of nitrogens with one attached hydrogen (secondary N) is 1. The van der Waals surface area contributed by atoms with Gasteiger partial charge in [0, 0.05) is 11.8 Å². The molecule has 0 aromatic heterocycles. The van der Waals surface area contributed by atoms with E-state index in [9.17, 15) is 9.59 Å². The maximum Gasteiger partial charge on any atom is 0.341 e. The molecule has 0 aliphatic rings. The van der Waals surface area contributed by atoms with E-state index in [2.05, 4.69) is 5.32 Å². The molecule has 0 bridgehead atoms. The van der Waals surface area contributed by atoms with Gasteiger partial charge >= 0.3 is 5.97 Å². The molecule has 4 N–H and O–H groups in total. The summed E-state index contributed by atoms with van der Waals surface area (Å²) in [7, 11) is 0. The first-order valence-electron chi connectivity index (χ1n) is 6.39. The fourth-order valence-electron chi connectivity index (χ4n) is 1.66. The van der Waals surface area contributed by atoms with Crippen molar-refractivity contribution in [2.24, 2.45) is 11.7 Å². The van der Waals surface area contributed by atoms with Gasteiger partial charge < -0.3 is 20.9 Å². The van der Waals surface area contributed by atoms with Crippen LogP contribution in [0.3, 0.4) is 0 Å². The lowest BCUT2D eigenvalue weighted by Crippen LogP contribution is -2.36. The van der Waals surface area contributed by atoms with Gasteiger partial charge in [0.15, 0.2) is 6.61 Å². The van der Waals surface area contributed by atoms with Gasteiger partial charge in [0.05, 0.1) is 6.04 Å². The zero-order valence-corrected chi connectivity index (χ0v) is 11.6. The van der Waals surface area contributed by atoms with Gasteiger partial charge in [-0.2, -0.15) is 0 Å². The highest BCUT2D eigenvalue weighted by molar-refractivity contribution is 5.94. The van der Waals surface area contributed by atoms with Crippen molar-refractivity contribution in [2.45, 2.75) is 26.3 Å². The monoisotopic (exact) mass is 280 g/mol. The Balaban J connectivity index is 2.61. The standard InChI is InChI=1S/C14H20N2O4/c1-9(2)6-12(15)14(19)16-10-4-3-5-11(7-10)20-8-13(17)18/h3-5,7,9,12H,6,8,15H2,1-2H3,(H,16,19)(H,17,18). The summed E-state index contributed by atoms with van der Waals surface area (Å²) >= 11 is 0. The summed E-state index contributed by atoms with van der Waals surface area (Å²) in [4.78, 5) is 22.3. The van der Waals surface area contributed by atoms with Crippen molar-refractivity contribution < 1.29 is 19.4 Å². The SMILES string of the molecule is CC(C)CC(N)C(=O)Nc1cccc(OCC(=O)O)c1. The Morgan fingerprint density at radius 3 is 2.70 bits per heavy atom. The van der Waals surface area contributed by atoms with Gasteiger partial charge in [0.2, 0.25) is 5.91 Å². The average molecular weight is 280 g/mol. The van der Waals surface area contributed by atoms with Crippen LogP contribution in [0.15, 0.2) is 24.3 Å². The average Bonchev–Trinajstić information content (AvgIpc) is 2.36. The number of carboxylic acids is 1. The zero-order valence-electron chi connectivity index (χ0n) is 11.6. The molecule has 0 saturated carbocycles. The predicted octanol–water partition coefficient (Wildman–Crippen LogP) is 1.46. The molecule has 1 atom stereocenters. The molecule has 0 saturated heterocycles. The molecule has 1 aromatic rings. The smallest absolute Gasteiger partial charge is 0.341 e. The first-order valence-corrected chi connectivity index (χ1v) is 6.39. The van der Waals surface area contributed by atoms with Crippen LogP contribution in [0.2, 0.25) is 0 Å². The van der Waals surface area contributed by atoms with Gasteiger partial charge in [-0.1, -0.05) is 19.9 Å². The van der Waals surface area contributed by atoms with Crippen molar-refractivity contribution in [2.75, 3.05) is 11.9 Å². The first kappa shape index (κ1) is 16.0. The maximum atomic E-state index is 11.9. The molecule has 1 aromatic carbocycles. The molecule has 6 heteroatoms. The summed E-state index contributed by atoms with van der Waals surface area (Å²) in [5.41, 5.74) is 6.31. The van der Waals surface area contributed by atoms with Crippen LogP contribution in [0.1, 0.15) is 20.3 Å². The minimum atomic E-state index is -1.06. The highest BCUT2D eigenvalue weighted by atomic mass is 16.5. The number of hydrogen-bond acceptors (Lipinski definition) is 4. The quantitative estimate of drug-likeness (QED) is 0.702. The van der Waals surface area contributed by atoms with Crippen molar-refractivity contribution in [1.29, 1.82) is 0 Å². The van der Waals surface area contributed by atoms with Gasteiger partial charge in [0.25, 0.3) is 0 Å². The fraction of sp³-hybridized carbons (Fsp3) is 0.429. The summed E-state index contributed by atoms with van der Waals surface area (Å²) < 4.78 is 5.03. The van der Waals surface area contributed by atoms with Crippen molar-refractivity contribution in [3.05, 3.63) is 24.3 Å². The fourth-order valence-corrected chi connectivity index (χ4v) is 1.66. The van der Waals surface area contributed by atoms with Gasteiger partial charge in [-0.25, -0.2) is 4.79 Å². The molecule has 1 unspecified atom stereocenters. The first-order chi connectivity index (χ1) is 9.38. The Morgan fingerprint density at radius 1 is 1.40 bits per heavy atom. The third-order valence-electron chi connectivity index (χ3n) is 2.53. The number of anilines is 1. The molecular formula is C14H20N2O4. The molecule has 0 aliphatic carbocycles. The maximum absolute atomic E-state index is 11.9. The molecule has 20 heavy (non-hydrogen) atoms. The highest BCUT2D eigenvalue weighted by Gasteiger charge is 2.15. The molecule has 1 rings (SSSR count). The van der Waals surface area contributed by atoms with E-state index in [1.807, 2.05) is 13.8 Å². The number of aliphatic carboxylic acids is 1. The van der Waals surface area contributed by atoms with E-state index in [1.165, 1.54) is 0 Å². The second-order valence-corrected chi connectivity index (χ2v) is 4.94. The Hall–Kier alpha value is -2.08. The molecule has 6 nitrogen and oxygen atoms in total. The van der Waals surface area contributed by atoms with Crippen LogP contribution in [0, 0.1) is 5.92 Å². The van der Waals surface area contributed by atoms with Gasteiger partial charge in [0.1, 0.15) is 5.75 Å². The molecule has 1 amide bonds. The van der Waals surface area contributed by atoms with Crippen molar-refractivity contribution in [3.8, 4) is 5.75 Å². The molecule has 110 valence electrons. The second-order valence-electron chi connectivity index (χ2n) is 4.94. The van der Waals surface area contributed by atoms with E-state index < -0.39 is 18.6 Å². The number of carbonyl (C=O) groups is 2. The van der Waals surface area contributed by atoms with Gasteiger partial charge in [-0.15, -0.1) is 0 Å². The summed E-state index contributed by atoms with van der Waals surface area (Å²) in [6.45, 7) is 3.56. The van der Waals surface area contributed by atoms with E-state index in [4.69, 9.17) is 15.6 Å². The van der Waals surface area contributed by atoms with E-state index >= 15 is 0 Å². The summed E-state index contributed by atoms with van der Waals surface area (Å²) in [5, 5.41) is 11.2. The number of amides is 1. The Morgan fingerprint density at radius 2 is 2.10 bits per heavy atom. The van der Waals surface area contributed by atoms with Crippen molar-refractivity contribution in [1.82, 2.24) is 0 Å². The minimum absolute atomic E-state index is 0.269. The molecule has 0 fully saturated rings. The third-order valence-corrected chi connectivity index (χ3v) is 2.53. The lowest BCUT2D eigenvalue weighted by molar-refractivity contribution is -0.139. The number of benzene rings is 1. The summed E-state index contributed by atoms with van der Waals surface area (Å²) in [5.74, 6) is -0.615. The molecule has 0 spiro atoms. The van der Waals surface area contributed by atoms with E-state index in [0.29, 0.717) is 23.8 Å². The van der Waals surface area contributed by atoms with Crippen LogP contribution in [0.25, 0.3) is 0 Å². The summed E-state index contributed by atoms with van der Waals surface area (Å²) in [6.07, 6.45) is 0.598. The van der Waals surface area contributed by atoms with Gasteiger partial charge in [-0.3, -0.25) is 4.79 Å². The lowest BCUT2D eigenvalue weighted by Gasteiger charge is -2.14. The Labute approximate surface area is 117 Å². The molecule has 0 heterocycles. The van der Waals surface area contributed by atoms with Gasteiger partial charge in [-0.05, 0) is 24.5 Å². The molecular weight excluding hydrogens is 260 g/mol. The van der Waals surface area contributed by atoms with Crippen LogP contribution >= 0.6 is 0 Å². The number of carboxylic acid groups (broad SMARTS) is 1. The number of nitrogens with two attached hydrogens (primary N) is 1. The van der Waals surface area contributed by atoms with Crippen LogP contribution in [-0.4, -0.2) is 29.6 Å². The highest BCUT2D eigenvalue weighted by Crippen LogP contribution is 2.17. The van der Waals surface area contributed by atoms with Crippen molar-refractivity contribution in [3.63, 3.8) is 0 Å². The number of hydrogen-bond donors (Lipinski definition) is 3. The Kier molecular flexibility index (Phi) is 5.99. The van der Waals surface area contributed by atoms with Crippen molar-refractivity contribution >= 4 is 17.6 Å². The normalized spacial score (nSPS) is 12.0. The lowest BCUT2D eigenvalue weighted by atomic mass is 10.0. The number of rotatable bonds is 7. The van der Waals surface area contributed by atoms with Crippen LogP contribution in [0.5, 0.6) is 5.75 Å². The summed E-state index contributed by atoms with van der Waals surface area (Å²) in [6, 6.07) is 5.96. The zero-order chi connectivity index (χ0) is 15.1.